The summed E-state index contributed by atoms with van der Waals surface area (Å²) in [4.78, 5) is 25.5. The molecule has 5 nitrogen and oxygen atoms in total. The third-order valence-corrected chi connectivity index (χ3v) is 4.49. The number of rotatable bonds is 7. The van der Waals surface area contributed by atoms with E-state index in [1.54, 1.807) is 36.4 Å². The molecule has 1 aliphatic rings. The molecule has 0 spiro atoms. The zero-order chi connectivity index (χ0) is 18.5. The Labute approximate surface area is 151 Å². The minimum Gasteiger partial charge on any atom is -0.465 e. The van der Waals surface area contributed by atoms with Crippen LogP contribution in [0.4, 0.5) is 10.1 Å². The number of esters is 1. The number of benzene rings is 2. The maximum absolute atomic E-state index is 13.1. The number of amides is 1. The Hall–Kier alpha value is -2.73. The Morgan fingerprint density at radius 3 is 2.50 bits per heavy atom. The number of anilines is 1. The number of para-hydroxylation sites is 1. The zero-order valence-corrected chi connectivity index (χ0v) is 14.6. The SMILES string of the molecule is COC(=O)c1ccccc1NC(=O)C[NH+](Cc1ccc(F)cc1)C1CC1. The molecule has 0 saturated heterocycles. The third-order valence-electron chi connectivity index (χ3n) is 4.49. The molecule has 6 heteroatoms. The van der Waals surface area contributed by atoms with Crippen LogP contribution in [0.5, 0.6) is 0 Å². The Balaban J connectivity index is 1.66. The molecule has 0 aliphatic heterocycles. The van der Waals surface area contributed by atoms with Crippen molar-refractivity contribution in [1.82, 2.24) is 0 Å². The van der Waals surface area contributed by atoms with E-state index >= 15 is 0 Å². The van der Waals surface area contributed by atoms with E-state index in [1.165, 1.54) is 19.2 Å². The van der Waals surface area contributed by atoms with Crippen LogP contribution in [0.25, 0.3) is 0 Å². The first-order chi connectivity index (χ1) is 12.6. The van der Waals surface area contributed by atoms with Crippen molar-refractivity contribution < 1.29 is 23.6 Å². The van der Waals surface area contributed by atoms with E-state index in [0.29, 0.717) is 23.8 Å². The molecule has 0 bridgehead atoms. The number of carbonyl (C=O) groups is 2. The molecule has 0 heterocycles. The first-order valence-electron chi connectivity index (χ1n) is 8.63. The van der Waals surface area contributed by atoms with E-state index in [-0.39, 0.29) is 18.3 Å². The quantitative estimate of drug-likeness (QED) is 0.743. The Morgan fingerprint density at radius 1 is 1.15 bits per heavy atom. The zero-order valence-electron chi connectivity index (χ0n) is 14.6. The van der Waals surface area contributed by atoms with Crippen LogP contribution in [0.2, 0.25) is 0 Å². The predicted octanol–water partition coefficient (Wildman–Crippen LogP) is 1.80. The van der Waals surface area contributed by atoms with Gasteiger partial charge in [-0.15, -0.1) is 0 Å². The molecule has 1 saturated carbocycles. The fraction of sp³-hybridized carbons (Fsp3) is 0.300. The van der Waals surface area contributed by atoms with Crippen molar-refractivity contribution >= 4 is 17.6 Å². The molecule has 2 aromatic rings. The fourth-order valence-corrected chi connectivity index (χ4v) is 2.99. The molecule has 136 valence electrons. The van der Waals surface area contributed by atoms with Gasteiger partial charge in [0.15, 0.2) is 6.54 Å². The second-order valence-electron chi connectivity index (χ2n) is 6.50. The van der Waals surface area contributed by atoms with E-state index < -0.39 is 5.97 Å². The van der Waals surface area contributed by atoms with Crippen LogP contribution < -0.4 is 10.2 Å². The van der Waals surface area contributed by atoms with Gasteiger partial charge in [0.1, 0.15) is 12.4 Å². The van der Waals surface area contributed by atoms with Gasteiger partial charge < -0.3 is 15.0 Å². The summed E-state index contributed by atoms with van der Waals surface area (Å²) >= 11 is 0. The van der Waals surface area contributed by atoms with Crippen LogP contribution >= 0.6 is 0 Å². The summed E-state index contributed by atoms with van der Waals surface area (Å²) in [6.07, 6.45) is 2.17. The topological polar surface area (TPSA) is 59.8 Å². The smallest absolute Gasteiger partial charge is 0.339 e. The van der Waals surface area contributed by atoms with E-state index in [4.69, 9.17) is 4.74 Å². The van der Waals surface area contributed by atoms with E-state index in [9.17, 15) is 14.0 Å². The second kappa shape index (κ2) is 8.10. The molecule has 1 atom stereocenters. The number of carbonyl (C=O) groups excluding carboxylic acids is 2. The molecule has 26 heavy (non-hydrogen) atoms. The van der Waals surface area contributed by atoms with Crippen LogP contribution in [0.15, 0.2) is 48.5 Å². The van der Waals surface area contributed by atoms with Crippen LogP contribution in [-0.4, -0.2) is 31.6 Å². The molecule has 0 radical (unpaired) electrons. The highest BCUT2D eigenvalue weighted by Crippen LogP contribution is 2.17. The Morgan fingerprint density at radius 2 is 1.85 bits per heavy atom. The van der Waals surface area contributed by atoms with Crippen molar-refractivity contribution in [1.29, 1.82) is 0 Å². The largest absolute Gasteiger partial charge is 0.465 e. The molecule has 1 unspecified atom stereocenters. The lowest BCUT2D eigenvalue weighted by molar-refractivity contribution is -0.916. The van der Waals surface area contributed by atoms with Gasteiger partial charge in [-0.2, -0.15) is 0 Å². The molecule has 2 aromatic carbocycles. The third kappa shape index (κ3) is 4.67. The van der Waals surface area contributed by atoms with Gasteiger partial charge in [-0.25, -0.2) is 9.18 Å². The first-order valence-corrected chi connectivity index (χ1v) is 8.63. The number of methoxy groups -OCH3 is 1. The van der Waals surface area contributed by atoms with Crippen molar-refractivity contribution in [3.63, 3.8) is 0 Å². The maximum atomic E-state index is 13.1. The lowest BCUT2D eigenvalue weighted by atomic mass is 10.1. The molecular formula is C20H22FN2O3+. The number of ether oxygens (including phenoxy) is 1. The number of nitrogens with one attached hydrogen (secondary N) is 2. The minimum atomic E-state index is -0.487. The summed E-state index contributed by atoms with van der Waals surface area (Å²) in [7, 11) is 1.31. The number of halogens is 1. The summed E-state index contributed by atoms with van der Waals surface area (Å²) < 4.78 is 17.8. The predicted molar refractivity (Wildman–Crippen MR) is 95.4 cm³/mol. The van der Waals surface area contributed by atoms with Gasteiger partial charge in [-0.3, -0.25) is 4.79 Å². The molecular weight excluding hydrogens is 335 g/mol. The number of hydrogen-bond acceptors (Lipinski definition) is 3. The summed E-state index contributed by atoms with van der Waals surface area (Å²) in [5.41, 5.74) is 1.77. The summed E-state index contributed by atoms with van der Waals surface area (Å²) in [5, 5.41) is 2.81. The highest BCUT2D eigenvalue weighted by atomic mass is 19.1. The van der Waals surface area contributed by atoms with Crippen molar-refractivity contribution in [2.75, 3.05) is 19.0 Å². The highest BCUT2D eigenvalue weighted by Gasteiger charge is 2.34. The van der Waals surface area contributed by atoms with Crippen molar-refractivity contribution in [3.8, 4) is 0 Å². The minimum absolute atomic E-state index is 0.162. The van der Waals surface area contributed by atoms with Crippen LogP contribution in [0, 0.1) is 5.82 Å². The van der Waals surface area contributed by atoms with E-state index in [1.807, 2.05) is 0 Å². The van der Waals surface area contributed by atoms with Crippen molar-refractivity contribution in [2.45, 2.75) is 25.4 Å². The monoisotopic (exact) mass is 357 g/mol. The van der Waals surface area contributed by atoms with Crippen LogP contribution in [0.1, 0.15) is 28.8 Å². The second-order valence-corrected chi connectivity index (χ2v) is 6.50. The fourth-order valence-electron chi connectivity index (χ4n) is 2.99. The van der Waals surface area contributed by atoms with Gasteiger partial charge in [0.2, 0.25) is 0 Å². The van der Waals surface area contributed by atoms with Gasteiger partial charge in [-0.1, -0.05) is 24.3 Å². The lowest BCUT2D eigenvalue weighted by Crippen LogP contribution is -3.13. The average Bonchev–Trinajstić information content (AvgIpc) is 3.48. The standard InChI is InChI=1S/C20H21FN2O3/c1-26-20(25)17-4-2-3-5-18(17)22-19(24)13-23(16-10-11-16)12-14-6-8-15(21)9-7-14/h2-9,16H,10-13H2,1H3,(H,22,24)/p+1. The molecule has 0 aromatic heterocycles. The molecule has 1 amide bonds. The molecule has 1 aliphatic carbocycles. The number of quaternary nitrogens is 1. The lowest BCUT2D eigenvalue weighted by Gasteiger charge is -2.19. The van der Waals surface area contributed by atoms with Crippen molar-refractivity contribution in [3.05, 3.63) is 65.5 Å². The maximum Gasteiger partial charge on any atom is 0.339 e. The van der Waals surface area contributed by atoms with Crippen LogP contribution in [-0.2, 0) is 16.1 Å². The van der Waals surface area contributed by atoms with Gasteiger partial charge >= 0.3 is 5.97 Å². The Bertz CT molecular complexity index is 788. The summed E-state index contributed by atoms with van der Waals surface area (Å²) in [5.74, 6) is -0.914. The highest BCUT2D eigenvalue weighted by molar-refractivity contribution is 6.01. The Kier molecular flexibility index (Phi) is 5.63. The summed E-state index contributed by atoms with van der Waals surface area (Å²) in [6, 6.07) is 13.6. The van der Waals surface area contributed by atoms with E-state index in [2.05, 4.69) is 5.32 Å². The summed E-state index contributed by atoms with van der Waals surface area (Å²) in [6.45, 7) is 0.953. The molecule has 2 N–H and O–H groups in total. The van der Waals surface area contributed by atoms with Crippen molar-refractivity contribution in [2.24, 2.45) is 0 Å². The van der Waals surface area contributed by atoms with Gasteiger partial charge in [-0.05, 0) is 24.3 Å². The normalized spacial score (nSPS) is 14.5. The molecule has 3 rings (SSSR count). The van der Waals surface area contributed by atoms with Gasteiger partial charge in [0.05, 0.1) is 24.4 Å². The van der Waals surface area contributed by atoms with Gasteiger partial charge in [0.25, 0.3) is 5.91 Å². The van der Waals surface area contributed by atoms with E-state index in [0.717, 1.165) is 23.3 Å². The molecule has 1 fully saturated rings. The average molecular weight is 357 g/mol. The first kappa shape index (κ1) is 18.1. The van der Waals surface area contributed by atoms with Gasteiger partial charge in [0, 0.05) is 18.4 Å². The van der Waals surface area contributed by atoms with Crippen LogP contribution in [0.3, 0.4) is 0 Å². The number of hydrogen-bond donors (Lipinski definition) is 2.